The Morgan fingerprint density at radius 1 is 0.609 bits per heavy atom. The summed E-state index contributed by atoms with van der Waals surface area (Å²) in [6.45, 7) is 2.17. The average Bonchev–Trinajstić information content (AvgIpc) is 0.763. The second-order valence-corrected chi connectivity index (χ2v) is 29.4. The van der Waals surface area contributed by atoms with Crippen LogP contribution in [0.2, 0.25) is 10.0 Å². The number of carboxylic acids is 1. The number of methoxy groups -OCH3 is 1. The molecule has 3 fully saturated rings. The number of phenols is 4. The first-order valence-corrected chi connectivity index (χ1v) is 37.1. The molecule has 6 amide bonds. The average molecular weight is 1630 g/mol. The first-order chi connectivity index (χ1) is 54.8. The van der Waals surface area contributed by atoms with Crippen LogP contribution in [0.5, 0.6) is 51.7 Å². The van der Waals surface area contributed by atoms with E-state index in [0.717, 1.165) is 42.5 Å². The number of carbonyl (C=O) groups is 7. The number of hydrogen-bond acceptors (Lipinski definition) is 28. The first-order valence-electron chi connectivity index (χ1n) is 36.3. The van der Waals surface area contributed by atoms with Gasteiger partial charge in [-0.05, 0) is 114 Å². The van der Waals surface area contributed by atoms with Crippen molar-refractivity contribution in [2.45, 2.75) is 167 Å². The van der Waals surface area contributed by atoms with Gasteiger partial charge in [0, 0.05) is 61.2 Å². The van der Waals surface area contributed by atoms with Gasteiger partial charge in [-0.25, -0.2) is 4.79 Å². The summed E-state index contributed by atoms with van der Waals surface area (Å²) >= 11 is 13.6. The molecule has 22 unspecified atom stereocenters. The van der Waals surface area contributed by atoms with Crippen LogP contribution >= 0.6 is 23.2 Å². The van der Waals surface area contributed by atoms with E-state index in [4.69, 9.17) is 83.0 Å². The van der Waals surface area contributed by atoms with Crippen LogP contribution in [0.15, 0.2) is 133 Å². The summed E-state index contributed by atoms with van der Waals surface area (Å²) in [5.74, 6) is -14.2. The zero-order valence-electron chi connectivity index (χ0n) is 61.2. The van der Waals surface area contributed by atoms with Crippen molar-refractivity contribution in [3.05, 3.63) is 182 Å². The second-order valence-electron chi connectivity index (χ2n) is 28.5. The van der Waals surface area contributed by atoms with Crippen LogP contribution in [0.4, 0.5) is 0 Å². The van der Waals surface area contributed by atoms with Crippen molar-refractivity contribution >= 4 is 64.6 Å². The van der Waals surface area contributed by atoms with Crippen LogP contribution < -0.4 is 63.3 Å². The molecule has 8 aliphatic heterocycles. The maximum Gasteiger partial charge on any atom is 0.330 e. The number of halogens is 2. The lowest BCUT2D eigenvalue weighted by Crippen LogP contribution is -2.62. The molecule has 37 heteroatoms. The van der Waals surface area contributed by atoms with Gasteiger partial charge < -0.3 is 143 Å². The van der Waals surface area contributed by atoms with Gasteiger partial charge in [0.05, 0.1) is 41.1 Å². The van der Waals surface area contributed by atoms with E-state index in [1.165, 1.54) is 74.7 Å². The number of aromatic hydroxyl groups is 4. The molecule has 35 nitrogen and oxygen atoms in total. The summed E-state index contributed by atoms with van der Waals surface area (Å²) < 4.78 is 57.7. The van der Waals surface area contributed by atoms with Crippen LogP contribution in [0, 0.1) is 0 Å². The number of amides is 6. The smallest absolute Gasteiger partial charge is 0.330 e. The molecule has 15 rings (SSSR count). The van der Waals surface area contributed by atoms with Gasteiger partial charge in [0.15, 0.2) is 36.2 Å². The molecule has 8 aliphatic rings. The summed E-state index contributed by atoms with van der Waals surface area (Å²) in [5.41, 5.74) is 17.6. The van der Waals surface area contributed by atoms with E-state index in [9.17, 15) is 60.7 Å². The van der Waals surface area contributed by atoms with Crippen molar-refractivity contribution in [2.24, 2.45) is 17.2 Å². The van der Waals surface area contributed by atoms with Crippen molar-refractivity contribution < 1.29 is 127 Å². The number of phenolic OH excluding ortho intramolecular Hbond substituents is 4. The normalized spacial score (nSPS) is 30.0. The van der Waals surface area contributed by atoms with E-state index in [0.29, 0.717) is 5.56 Å². The monoisotopic (exact) mass is 1630 g/mol. The van der Waals surface area contributed by atoms with Gasteiger partial charge >= 0.3 is 5.97 Å². The number of aliphatic carboxylic acids is 1. The number of carbonyl (C=O) groups excluding carboxylic acids is 6. The number of carboxylic acid groups (broad SMARTS) is 1. The standard InChI is InChI=1S/C78H83Cl2N9O26/c1-30-63(95)44(81)27-54(108-30)114-70-66(98)65(97)53(29-90)112-78(70)115-69-51-23-37-24-52(69)111-50-18-13-36(22-43(50)80)68(113-55-28-45(82)67(107-3)31(2)109-55)62-76(104)87-60(77(105)106)41-25-38(91)26-49(94)56(41)40-20-35(12-16-47(40)92)58(73(101)89-62)86-74(102)59(37)85-71(99)46(19-32-7-5-4-6-8-32)84-75(103)61(64(96)33-9-14-39(110-51)15-10-33)88-72(100)57(83)34-11-17-48(93)42(79)21-34/h4-18,20-26,30-31,44-46,53-55,57-68,70,78,90-98H,19,27-29,81-83H2,1-3H3,(H,84,103)(H,85,99)(H,86,102)(H,87,104)(H,88,100)(H,89,101)(H,105,106). The fraction of sp³-hybridized carbons (Fsp3) is 0.372. The molecule has 22 atom stereocenters. The SMILES string of the molecule is COC1C(N)CC(OC2c3ccc(c(Cl)c3)Oc3cc4cc(c3OC3OC(CO)C(O)C(O)C3OC3CC(N)C(O)C(C)O3)Oc3ccc(cc3)C(O)C(NC(=O)C(N)c3ccc(O)c(Cl)c3)C(=O)NC(Cc3ccccc3)C(=O)NC4C(=O)NC3C(=O)NC2C(=O)NC(C(=O)O)c2cc(O)cc(O)c2-c2cc3ccc2O)OC1C. The highest BCUT2D eigenvalue weighted by atomic mass is 35.5. The fourth-order valence-corrected chi connectivity index (χ4v) is 15.1. The van der Waals surface area contributed by atoms with Crippen molar-refractivity contribution in [1.29, 1.82) is 0 Å². The van der Waals surface area contributed by atoms with E-state index < -0.39 is 240 Å². The Kier molecular flexibility index (Phi) is 24.7. The topological polar surface area (TPSA) is 555 Å². The van der Waals surface area contributed by atoms with Gasteiger partial charge in [0.1, 0.15) is 101 Å². The Morgan fingerprint density at radius 2 is 1.26 bits per heavy atom. The van der Waals surface area contributed by atoms with Gasteiger partial charge in [0.25, 0.3) is 0 Å². The largest absolute Gasteiger partial charge is 0.508 e. The molecule has 7 aromatic rings. The van der Waals surface area contributed by atoms with Crippen LogP contribution in [-0.2, 0) is 68.4 Å². The third-order valence-electron chi connectivity index (χ3n) is 20.7. The van der Waals surface area contributed by atoms with E-state index in [-0.39, 0.29) is 68.0 Å². The summed E-state index contributed by atoms with van der Waals surface area (Å²) in [4.78, 5) is 108. The molecule has 22 N–H and O–H groups in total. The number of rotatable bonds is 14. The van der Waals surface area contributed by atoms with Gasteiger partial charge in [0.2, 0.25) is 47.5 Å². The number of hydrogen-bond donors (Lipinski definition) is 19. The van der Waals surface area contributed by atoms with Crippen molar-refractivity contribution in [3.8, 4) is 62.9 Å². The number of nitrogens with one attached hydrogen (secondary N) is 6. The minimum Gasteiger partial charge on any atom is -0.508 e. The Morgan fingerprint density at radius 3 is 1.94 bits per heavy atom. The Labute approximate surface area is 664 Å². The molecule has 8 heterocycles. The van der Waals surface area contributed by atoms with Crippen LogP contribution in [-0.4, -0.2) is 204 Å². The zero-order chi connectivity index (χ0) is 82.3. The van der Waals surface area contributed by atoms with Crippen molar-refractivity contribution in [3.63, 3.8) is 0 Å². The number of benzene rings is 7. The molecule has 0 aliphatic carbocycles. The first kappa shape index (κ1) is 82.4. The molecular weight excluding hydrogens is 1550 g/mol. The summed E-state index contributed by atoms with van der Waals surface area (Å²) in [6.07, 6.45) is -20.6. The molecule has 115 heavy (non-hydrogen) atoms. The van der Waals surface area contributed by atoms with Gasteiger partial charge in [-0.3, -0.25) is 28.8 Å². The van der Waals surface area contributed by atoms with E-state index in [1.54, 1.807) is 37.3 Å². The minimum absolute atomic E-state index is 0.0487. The second kappa shape index (κ2) is 34.5. The van der Waals surface area contributed by atoms with E-state index in [1.807, 2.05) is 0 Å². The highest BCUT2D eigenvalue weighted by Crippen LogP contribution is 2.50. The van der Waals surface area contributed by atoms with Crippen LogP contribution in [0.1, 0.15) is 102 Å². The molecule has 11 bridgehead atoms. The quantitative estimate of drug-likeness (QED) is 0.0743. The van der Waals surface area contributed by atoms with E-state index in [2.05, 4.69) is 31.9 Å². The van der Waals surface area contributed by atoms with Gasteiger partial charge in [-0.15, -0.1) is 0 Å². The summed E-state index contributed by atoms with van der Waals surface area (Å²) in [7, 11) is 1.40. The molecule has 0 radical (unpaired) electrons. The predicted molar refractivity (Wildman–Crippen MR) is 400 cm³/mol. The minimum atomic E-state index is -2.27. The molecule has 0 saturated carbocycles. The summed E-state index contributed by atoms with van der Waals surface area (Å²) in [5, 5.41) is 129. The maximum atomic E-state index is 16.6. The lowest BCUT2D eigenvalue weighted by Gasteiger charge is -2.44. The Balaban J connectivity index is 1.05. The Bertz CT molecular complexity index is 4820. The van der Waals surface area contributed by atoms with Crippen LogP contribution in [0.3, 0.4) is 0 Å². The third-order valence-corrected chi connectivity index (χ3v) is 21.3. The van der Waals surface area contributed by atoms with Crippen molar-refractivity contribution in [2.75, 3.05) is 13.7 Å². The van der Waals surface area contributed by atoms with E-state index >= 15 is 24.0 Å². The lowest BCUT2D eigenvalue weighted by atomic mass is 9.89. The predicted octanol–water partition coefficient (Wildman–Crippen LogP) is 2.36. The molecule has 0 aromatic heterocycles. The number of fused-ring (bicyclic) bond motifs is 15. The summed E-state index contributed by atoms with van der Waals surface area (Å²) in [6, 6.07) is 11.6. The highest BCUT2D eigenvalue weighted by Gasteiger charge is 2.51. The van der Waals surface area contributed by atoms with Gasteiger partial charge in [-0.1, -0.05) is 83.9 Å². The number of ether oxygens (including phenoxy) is 9. The number of aliphatic hydroxyl groups is 5. The lowest BCUT2D eigenvalue weighted by molar-refractivity contribution is -0.330. The molecular formula is C78H83Cl2N9O26. The fourth-order valence-electron chi connectivity index (χ4n) is 14.7. The van der Waals surface area contributed by atoms with Crippen molar-refractivity contribution in [1.82, 2.24) is 31.9 Å². The number of aliphatic hydroxyl groups excluding tert-OH is 5. The van der Waals surface area contributed by atoms with Crippen LogP contribution in [0.25, 0.3) is 11.1 Å². The molecule has 0 spiro atoms. The van der Waals surface area contributed by atoms with Gasteiger partial charge in [-0.2, -0.15) is 0 Å². The number of nitrogens with two attached hydrogens (primary N) is 3. The molecule has 610 valence electrons. The third kappa shape index (κ3) is 17.5. The Hall–Kier alpha value is -10.6. The zero-order valence-corrected chi connectivity index (χ0v) is 62.7. The molecule has 3 saturated heterocycles. The highest BCUT2D eigenvalue weighted by molar-refractivity contribution is 6.32. The maximum absolute atomic E-state index is 16.6. The molecule has 7 aromatic carbocycles.